The van der Waals surface area contributed by atoms with Gasteiger partial charge in [0.25, 0.3) is 0 Å². The van der Waals surface area contributed by atoms with Gasteiger partial charge in [-0.1, -0.05) is 43.7 Å². The zero-order chi connectivity index (χ0) is 22.1. The van der Waals surface area contributed by atoms with Crippen LogP contribution in [0.25, 0.3) is 0 Å². The van der Waals surface area contributed by atoms with Gasteiger partial charge in [0.15, 0.2) is 0 Å². The Morgan fingerprint density at radius 2 is 1.67 bits per heavy atom. The molecule has 0 saturated carbocycles. The lowest BCUT2D eigenvalue weighted by Gasteiger charge is -2.43. The van der Waals surface area contributed by atoms with E-state index < -0.39 is 5.60 Å². The molecular weight excluding hydrogens is 459 g/mol. The van der Waals surface area contributed by atoms with E-state index in [0.717, 1.165) is 63.4 Å². The lowest BCUT2D eigenvalue weighted by Crippen LogP contribution is -2.55. The number of nitrogens with zero attached hydrogens (tertiary/aromatic N) is 2. The quantitative estimate of drug-likeness (QED) is 0.432. The van der Waals surface area contributed by atoms with Crippen molar-refractivity contribution in [3.8, 4) is 5.75 Å². The number of hydrogen-bond acceptors (Lipinski definition) is 5. The van der Waals surface area contributed by atoms with Crippen LogP contribution in [-0.2, 0) is 11.3 Å². The second kappa shape index (κ2) is 14.7. The number of anilines is 1. The summed E-state index contributed by atoms with van der Waals surface area (Å²) < 4.78 is 11.6. The number of methoxy groups -OCH3 is 1. The van der Waals surface area contributed by atoms with Gasteiger partial charge in [-0.15, -0.1) is 24.8 Å². The first kappa shape index (κ1) is 29.5. The van der Waals surface area contributed by atoms with Crippen LogP contribution in [0.4, 0.5) is 5.69 Å². The van der Waals surface area contributed by atoms with E-state index in [1.54, 1.807) is 7.11 Å². The van der Waals surface area contributed by atoms with Gasteiger partial charge in [0, 0.05) is 46.0 Å². The molecule has 3 rings (SSSR count). The van der Waals surface area contributed by atoms with Gasteiger partial charge in [-0.25, -0.2) is 0 Å². The molecule has 2 aromatic carbocycles. The zero-order valence-corrected chi connectivity index (χ0v) is 21.7. The SMILES string of the molecule is CCCCOc1ccc(N(C)CC(OC)C2(O)CCN(Cc3ccccc3)CC2)cc1.Cl.Cl. The molecule has 5 nitrogen and oxygen atoms in total. The predicted octanol–water partition coefficient (Wildman–Crippen LogP) is 5.19. The van der Waals surface area contributed by atoms with Crippen LogP contribution in [-0.4, -0.2) is 62.1 Å². The van der Waals surface area contributed by atoms with E-state index >= 15 is 0 Å². The first-order valence-corrected chi connectivity index (χ1v) is 11.5. The number of benzene rings is 2. The fraction of sp³-hybridized carbons (Fsp3) is 0.538. The van der Waals surface area contributed by atoms with Gasteiger partial charge in [-0.3, -0.25) is 4.90 Å². The van der Waals surface area contributed by atoms with Crippen molar-refractivity contribution in [2.45, 2.75) is 50.9 Å². The Balaban J connectivity index is 0.00000272. The van der Waals surface area contributed by atoms with Gasteiger partial charge in [-0.05, 0) is 49.1 Å². The molecule has 1 fully saturated rings. The number of hydrogen-bond donors (Lipinski definition) is 1. The highest BCUT2D eigenvalue weighted by atomic mass is 35.5. The highest BCUT2D eigenvalue weighted by Gasteiger charge is 2.40. The molecule has 0 bridgehead atoms. The van der Waals surface area contributed by atoms with E-state index in [-0.39, 0.29) is 30.9 Å². The number of likely N-dealkylation sites (tertiary alicyclic amines) is 1. The molecule has 1 heterocycles. The van der Waals surface area contributed by atoms with Crippen LogP contribution in [0, 0.1) is 0 Å². The van der Waals surface area contributed by atoms with Crippen LogP contribution in [0.1, 0.15) is 38.2 Å². The molecule has 2 aromatic rings. The maximum absolute atomic E-state index is 11.4. The van der Waals surface area contributed by atoms with Gasteiger partial charge in [0.2, 0.25) is 0 Å². The second-order valence-electron chi connectivity index (χ2n) is 8.67. The minimum Gasteiger partial charge on any atom is -0.494 e. The second-order valence-corrected chi connectivity index (χ2v) is 8.67. The molecule has 1 saturated heterocycles. The lowest BCUT2D eigenvalue weighted by molar-refractivity contribution is -0.119. The molecular formula is C26H40Cl2N2O3. The molecule has 0 radical (unpaired) electrons. The standard InChI is InChI=1S/C26H38N2O3.2ClH/c1-4-5-19-31-24-13-11-23(12-14-24)27(2)21-25(30-3)26(29)15-17-28(18-16-26)20-22-9-7-6-8-10-22;;/h6-14,25,29H,4-5,15-21H2,1-3H3;2*1H. The third-order valence-corrected chi connectivity index (χ3v) is 6.34. The molecule has 186 valence electrons. The van der Waals surface area contributed by atoms with E-state index in [0.29, 0.717) is 6.54 Å². The summed E-state index contributed by atoms with van der Waals surface area (Å²) in [6.45, 7) is 6.24. The molecule has 7 heteroatoms. The summed E-state index contributed by atoms with van der Waals surface area (Å²) in [6.07, 6.45) is 3.40. The van der Waals surface area contributed by atoms with Crippen LogP contribution < -0.4 is 9.64 Å². The largest absolute Gasteiger partial charge is 0.494 e. The van der Waals surface area contributed by atoms with Crippen LogP contribution in [0.3, 0.4) is 0 Å². The van der Waals surface area contributed by atoms with Gasteiger partial charge in [0.05, 0.1) is 12.2 Å². The van der Waals surface area contributed by atoms with Crippen molar-refractivity contribution < 1.29 is 14.6 Å². The van der Waals surface area contributed by atoms with Gasteiger partial charge < -0.3 is 19.5 Å². The van der Waals surface area contributed by atoms with Crippen molar-refractivity contribution >= 4 is 30.5 Å². The minimum absolute atomic E-state index is 0. The lowest BCUT2D eigenvalue weighted by atomic mass is 9.85. The average molecular weight is 500 g/mol. The van der Waals surface area contributed by atoms with Crippen LogP contribution in [0.2, 0.25) is 0 Å². The molecule has 1 unspecified atom stereocenters. The van der Waals surface area contributed by atoms with Gasteiger partial charge >= 0.3 is 0 Å². The van der Waals surface area contributed by atoms with Crippen molar-refractivity contribution in [2.24, 2.45) is 0 Å². The molecule has 0 spiro atoms. The number of unbranched alkanes of at least 4 members (excludes halogenated alkanes) is 1. The van der Waals surface area contributed by atoms with E-state index in [4.69, 9.17) is 9.47 Å². The number of aliphatic hydroxyl groups is 1. The van der Waals surface area contributed by atoms with Crippen molar-refractivity contribution in [1.29, 1.82) is 0 Å². The number of halogens is 2. The minimum atomic E-state index is -0.806. The number of piperidine rings is 1. The molecule has 0 aromatic heterocycles. The summed E-state index contributed by atoms with van der Waals surface area (Å²) >= 11 is 0. The third kappa shape index (κ3) is 8.66. The smallest absolute Gasteiger partial charge is 0.119 e. The third-order valence-electron chi connectivity index (χ3n) is 6.34. The number of rotatable bonds is 11. The van der Waals surface area contributed by atoms with Crippen LogP contribution in [0.15, 0.2) is 54.6 Å². The topological polar surface area (TPSA) is 45.2 Å². The summed E-state index contributed by atoms with van der Waals surface area (Å²) in [6, 6.07) is 18.7. The normalized spacial score (nSPS) is 16.2. The first-order valence-electron chi connectivity index (χ1n) is 11.5. The van der Waals surface area contributed by atoms with Crippen LogP contribution in [0.5, 0.6) is 5.75 Å². The van der Waals surface area contributed by atoms with Crippen molar-refractivity contribution in [1.82, 2.24) is 4.90 Å². The fourth-order valence-electron chi connectivity index (χ4n) is 4.21. The summed E-state index contributed by atoms with van der Waals surface area (Å²) in [4.78, 5) is 4.57. The fourth-order valence-corrected chi connectivity index (χ4v) is 4.21. The molecule has 1 atom stereocenters. The van der Waals surface area contributed by atoms with Gasteiger partial charge in [0.1, 0.15) is 11.9 Å². The Morgan fingerprint density at radius 1 is 1.03 bits per heavy atom. The van der Waals surface area contributed by atoms with Crippen molar-refractivity contribution in [3.63, 3.8) is 0 Å². The summed E-state index contributed by atoms with van der Waals surface area (Å²) in [7, 11) is 3.75. The Labute approximate surface area is 211 Å². The summed E-state index contributed by atoms with van der Waals surface area (Å²) in [5, 5.41) is 11.4. The van der Waals surface area contributed by atoms with E-state index in [2.05, 4.69) is 53.1 Å². The predicted molar refractivity (Wildman–Crippen MR) is 141 cm³/mol. The van der Waals surface area contributed by atoms with Crippen LogP contribution >= 0.6 is 24.8 Å². The van der Waals surface area contributed by atoms with E-state index in [1.165, 1.54) is 5.56 Å². The Kier molecular flexibility index (Phi) is 13.2. The molecule has 1 N–H and O–H groups in total. The average Bonchev–Trinajstić information content (AvgIpc) is 2.80. The highest BCUT2D eigenvalue weighted by Crippen LogP contribution is 2.30. The summed E-state index contributed by atoms with van der Waals surface area (Å²) in [5.41, 5.74) is 1.60. The maximum Gasteiger partial charge on any atom is 0.119 e. The molecule has 1 aliphatic rings. The maximum atomic E-state index is 11.4. The van der Waals surface area contributed by atoms with Gasteiger partial charge in [-0.2, -0.15) is 0 Å². The van der Waals surface area contributed by atoms with Crippen molar-refractivity contribution in [3.05, 3.63) is 60.2 Å². The highest BCUT2D eigenvalue weighted by molar-refractivity contribution is 5.85. The summed E-state index contributed by atoms with van der Waals surface area (Å²) in [5.74, 6) is 0.901. The number of ether oxygens (including phenoxy) is 2. The Morgan fingerprint density at radius 3 is 2.24 bits per heavy atom. The monoisotopic (exact) mass is 498 g/mol. The van der Waals surface area contributed by atoms with Crippen molar-refractivity contribution in [2.75, 3.05) is 45.3 Å². The zero-order valence-electron chi connectivity index (χ0n) is 20.1. The van der Waals surface area contributed by atoms with E-state index in [9.17, 15) is 5.11 Å². The first-order chi connectivity index (χ1) is 15.0. The number of likely N-dealkylation sites (N-methyl/N-ethyl adjacent to an activating group) is 1. The molecule has 1 aliphatic heterocycles. The Bertz CT molecular complexity index is 769. The Hall–Kier alpha value is -1.50. The molecule has 0 aliphatic carbocycles. The van der Waals surface area contributed by atoms with E-state index in [1.807, 2.05) is 25.2 Å². The molecule has 0 amide bonds. The molecule has 33 heavy (non-hydrogen) atoms.